The molecule has 8 heteroatoms. The Labute approximate surface area is 173 Å². The molecule has 1 aromatic carbocycles. The van der Waals surface area contributed by atoms with Crippen LogP contribution in [0.25, 0.3) is 17.2 Å². The van der Waals surface area contributed by atoms with Gasteiger partial charge in [-0.2, -0.15) is 0 Å². The zero-order valence-corrected chi connectivity index (χ0v) is 16.7. The van der Waals surface area contributed by atoms with Crippen LogP contribution in [0.2, 0.25) is 0 Å². The number of amides is 1. The Morgan fingerprint density at radius 3 is 2.53 bits per heavy atom. The topological polar surface area (TPSA) is 115 Å². The van der Waals surface area contributed by atoms with Gasteiger partial charge in [-0.25, -0.2) is 14.6 Å². The minimum absolute atomic E-state index is 0.0475. The molecule has 0 unspecified atom stereocenters. The molecule has 3 rings (SSSR count). The van der Waals surface area contributed by atoms with E-state index in [9.17, 15) is 19.5 Å². The summed E-state index contributed by atoms with van der Waals surface area (Å²) in [4.78, 5) is 40.8. The Morgan fingerprint density at radius 2 is 1.97 bits per heavy atom. The SMILES string of the molecule is C=Cc1cc(C(=O)O)c(-c2ccc(C(=O)NCC3CC3)nc2C(=O)OC)cc1OC. The van der Waals surface area contributed by atoms with Gasteiger partial charge in [-0.05, 0) is 43.0 Å². The molecular formula is C22H22N2O6. The number of rotatable bonds is 8. The van der Waals surface area contributed by atoms with E-state index in [4.69, 9.17) is 9.47 Å². The fraction of sp³-hybridized carbons (Fsp3) is 0.273. The van der Waals surface area contributed by atoms with Crippen molar-refractivity contribution in [2.45, 2.75) is 12.8 Å². The highest BCUT2D eigenvalue weighted by atomic mass is 16.5. The van der Waals surface area contributed by atoms with Crippen molar-refractivity contribution < 1.29 is 29.0 Å². The van der Waals surface area contributed by atoms with Crippen LogP contribution < -0.4 is 10.1 Å². The number of ether oxygens (including phenoxy) is 2. The number of nitrogens with zero attached hydrogens (tertiary/aromatic N) is 1. The van der Waals surface area contributed by atoms with Crippen molar-refractivity contribution in [2.75, 3.05) is 20.8 Å². The number of aromatic carboxylic acids is 1. The lowest BCUT2D eigenvalue weighted by molar-refractivity contribution is 0.0593. The summed E-state index contributed by atoms with van der Waals surface area (Å²) in [5.41, 5.74) is 0.736. The fourth-order valence-corrected chi connectivity index (χ4v) is 3.04. The van der Waals surface area contributed by atoms with Crippen LogP contribution in [-0.4, -0.2) is 48.7 Å². The lowest BCUT2D eigenvalue weighted by Gasteiger charge is -2.15. The first-order valence-corrected chi connectivity index (χ1v) is 9.35. The quantitative estimate of drug-likeness (QED) is 0.643. The molecule has 30 heavy (non-hydrogen) atoms. The van der Waals surface area contributed by atoms with Gasteiger partial charge in [0, 0.05) is 23.2 Å². The number of carbonyl (C=O) groups is 3. The molecule has 156 valence electrons. The van der Waals surface area contributed by atoms with Gasteiger partial charge in [-0.3, -0.25) is 4.79 Å². The summed E-state index contributed by atoms with van der Waals surface area (Å²) in [6.45, 7) is 4.22. The van der Waals surface area contributed by atoms with E-state index in [1.807, 2.05) is 0 Å². The lowest BCUT2D eigenvalue weighted by Crippen LogP contribution is -2.27. The van der Waals surface area contributed by atoms with Gasteiger partial charge in [-0.15, -0.1) is 0 Å². The van der Waals surface area contributed by atoms with Crippen molar-refractivity contribution in [1.29, 1.82) is 0 Å². The van der Waals surface area contributed by atoms with Crippen LogP contribution in [0.4, 0.5) is 0 Å². The molecule has 0 atom stereocenters. The zero-order chi connectivity index (χ0) is 21.8. The predicted molar refractivity (Wildman–Crippen MR) is 110 cm³/mol. The van der Waals surface area contributed by atoms with Crippen molar-refractivity contribution in [2.24, 2.45) is 5.92 Å². The predicted octanol–water partition coefficient (Wildman–Crippen LogP) is 3.02. The maximum atomic E-state index is 12.4. The van der Waals surface area contributed by atoms with Crippen molar-refractivity contribution >= 4 is 23.9 Å². The third-order valence-electron chi connectivity index (χ3n) is 4.87. The minimum Gasteiger partial charge on any atom is -0.496 e. The largest absolute Gasteiger partial charge is 0.496 e. The van der Waals surface area contributed by atoms with E-state index in [1.54, 1.807) is 0 Å². The molecule has 0 bridgehead atoms. The molecule has 1 amide bonds. The summed E-state index contributed by atoms with van der Waals surface area (Å²) < 4.78 is 10.1. The number of pyridine rings is 1. The number of nitrogens with one attached hydrogen (secondary N) is 1. The van der Waals surface area contributed by atoms with E-state index >= 15 is 0 Å². The maximum Gasteiger partial charge on any atom is 0.357 e. The summed E-state index contributed by atoms with van der Waals surface area (Å²) in [5.74, 6) is -1.52. The second-order valence-corrected chi connectivity index (χ2v) is 6.89. The smallest absolute Gasteiger partial charge is 0.357 e. The molecule has 8 nitrogen and oxygen atoms in total. The van der Waals surface area contributed by atoms with E-state index < -0.39 is 17.8 Å². The normalized spacial score (nSPS) is 12.7. The Morgan fingerprint density at radius 1 is 1.23 bits per heavy atom. The number of benzene rings is 1. The second kappa shape index (κ2) is 8.77. The fourth-order valence-electron chi connectivity index (χ4n) is 3.04. The van der Waals surface area contributed by atoms with Gasteiger partial charge in [0.15, 0.2) is 5.69 Å². The highest BCUT2D eigenvalue weighted by Gasteiger charge is 2.25. The van der Waals surface area contributed by atoms with Crippen LogP contribution in [0.1, 0.15) is 49.7 Å². The van der Waals surface area contributed by atoms with E-state index in [0.29, 0.717) is 23.8 Å². The highest BCUT2D eigenvalue weighted by Crippen LogP contribution is 2.34. The number of carboxylic acids is 1. The maximum absolute atomic E-state index is 12.4. The van der Waals surface area contributed by atoms with E-state index in [1.165, 1.54) is 44.6 Å². The Hall–Kier alpha value is -3.68. The van der Waals surface area contributed by atoms with Crippen LogP contribution in [0.5, 0.6) is 5.75 Å². The van der Waals surface area contributed by atoms with Crippen LogP contribution in [0.3, 0.4) is 0 Å². The molecule has 0 saturated heterocycles. The highest BCUT2D eigenvalue weighted by molar-refractivity contribution is 6.03. The standard InChI is InChI=1S/C22H22N2O6/c1-4-13-9-16(21(26)27)15(10-18(13)29-2)14-7-8-17(24-19(14)22(28)30-3)20(25)23-11-12-5-6-12/h4,7-10,12H,1,5-6,11H2,2-3H3,(H,23,25)(H,26,27). The monoisotopic (exact) mass is 410 g/mol. The molecule has 1 saturated carbocycles. The molecule has 1 aromatic heterocycles. The number of aromatic nitrogens is 1. The Bertz CT molecular complexity index is 1030. The molecule has 0 aliphatic heterocycles. The van der Waals surface area contributed by atoms with Gasteiger partial charge >= 0.3 is 11.9 Å². The van der Waals surface area contributed by atoms with Gasteiger partial charge in [0.1, 0.15) is 11.4 Å². The molecule has 0 radical (unpaired) electrons. The second-order valence-electron chi connectivity index (χ2n) is 6.89. The van der Waals surface area contributed by atoms with Crippen LogP contribution >= 0.6 is 0 Å². The van der Waals surface area contributed by atoms with E-state index in [2.05, 4.69) is 16.9 Å². The Kier molecular flexibility index (Phi) is 6.15. The van der Waals surface area contributed by atoms with Crippen LogP contribution in [0.15, 0.2) is 30.8 Å². The number of carboxylic acid groups (broad SMARTS) is 1. The Balaban J connectivity index is 2.12. The zero-order valence-electron chi connectivity index (χ0n) is 16.7. The first kappa shape index (κ1) is 21.0. The molecule has 1 heterocycles. The van der Waals surface area contributed by atoms with E-state index in [0.717, 1.165) is 12.8 Å². The average Bonchev–Trinajstić information content (AvgIpc) is 3.59. The molecular weight excluding hydrogens is 388 g/mol. The number of esters is 1. The van der Waals surface area contributed by atoms with Crippen molar-refractivity contribution in [1.82, 2.24) is 10.3 Å². The van der Waals surface area contributed by atoms with Gasteiger partial charge in [0.2, 0.25) is 0 Å². The number of hydrogen-bond donors (Lipinski definition) is 2. The van der Waals surface area contributed by atoms with E-state index in [-0.39, 0.29) is 28.1 Å². The number of hydrogen-bond acceptors (Lipinski definition) is 6. The summed E-state index contributed by atoms with van der Waals surface area (Å²) in [6.07, 6.45) is 3.64. The molecule has 1 aliphatic rings. The number of carbonyl (C=O) groups excluding carboxylic acids is 2. The molecule has 0 spiro atoms. The minimum atomic E-state index is -1.20. The van der Waals surface area contributed by atoms with Crippen molar-refractivity contribution in [3.8, 4) is 16.9 Å². The van der Waals surface area contributed by atoms with Crippen molar-refractivity contribution in [3.63, 3.8) is 0 Å². The van der Waals surface area contributed by atoms with Crippen molar-refractivity contribution in [3.05, 3.63) is 53.4 Å². The first-order chi connectivity index (χ1) is 14.4. The molecule has 1 aliphatic carbocycles. The summed E-state index contributed by atoms with van der Waals surface area (Å²) in [7, 11) is 2.63. The average molecular weight is 410 g/mol. The van der Waals surface area contributed by atoms with Gasteiger partial charge < -0.3 is 19.9 Å². The first-order valence-electron chi connectivity index (χ1n) is 9.35. The summed E-state index contributed by atoms with van der Waals surface area (Å²) >= 11 is 0. The van der Waals surface area contributed by atoms with Crippen LogP contribution in [0, 0.1) is 5.92 Å². The molecule has 1 fully saturated rings. The third kappa shape index (κ3) is 4.32. The third-order valence-corrected chi connectivity index (χ3v) is 4.87. The molecule has 2 aromatic rings. The molecule has 2 N–H and O–H groups in total. The summed E-state index contributed by atoms with van der Waals surface area (Å²) in [5, 5.41) is 12.5. The van der Waals surface area contributed by atoms with Gasteiger partial charge in [-0.1, -0.05) is 12.7 Å². The van der Waals surface area contributed by atoms with Gasteiger partial charge in [0.25, 0.3) is 5.91 Å². The lowest BCUT2D eigenvalue weighted by atomic mass is 9.95. The summed E-state index contributed by atoms with van der Waals surface area (Å²) in [6, 6.07) is 5.83. The number of methoxy groups -OCH3 is 2. The van der Waals surface area contributed by atoms with Crippen LogP contribution in [-0.2, 0) is 4.74 Å². The van der Waals surface area contributed by atoms with Gasteiger partial charge in [0.05, 0.1) is 19.8 Å².